The molecule has 0 bridgehead atoms. The summed E-state index contributed by atoms with van der Waals surface area (Å²) in [5.74, 6) is -1.50. The van der Waals surface area contributed by atoms with Gasteiger partial charge in [-0.25, -0.2) is 4.79 Å². The van der Waals surface area contributed by atoms with Gasteiger partial charge in [-0.05, 0) is 18.2 Å². The van der Waals surface area contributed by atoms with Crippen LogP contribution in [0.25, 0.3) is 0 Å². The largest absolute Gasteiger partial charge is 0.469 e. The number of amides is 1. The van der Waals surface area contributed by atoms with Gasteiger partial charge in [-0.15, -0.1) is 0 Å². The zero-order chi connectivity index (χ0) is 14.7. The first-order valence-corrected chi connectivity index (χ1v) is 6.13. The van der Waals surface area contributed by atoms with Crippen molar-refractivity contribution >= 4 is 23.5 Å². The SMILES string of the molecule is COC(=O)c1cccc(N2CC(C(=O)OC)CC2=O)c1. The third-order valence-corrected chi connectivity index (χ3v) is 3.24. The molecule has 0 radical (unpaired) electrons. The van der Waals surface area contributed by atoms with Crippen molar-refractivity contribution in [2.24, 2.45) is 5.92 Å². The highest BCUT2D eigenvalue weighted by molar-refractivity contribution is 6.00. The van der Waals surface area contributed by atoms with Crippen LogP contribution in [0.4, 0.5) is 5.69 Å². The molecule has 1 amide bonds. The highest BCUT2D eigenvalue weighted by Crippen LogP contribution is 2.26. The van der Waals surface area contributed by atoms with Crippen LogP contribution in [0.1, 0.15) is 16.8 Å². The second kappa shape index (κ2) is 5.73. The number of methoxy groups -OCH3 is 2. The van der Waals surface area contributed by atoms with Crippen LogP contribution in [0.15, 0.2) is 24.3 Å². The Kier molecular flexibility index (Phi) is 4.02. The van der Waals surface area contributed by atoms with Gasteiger partial charge in [-0.3, -0.25) is 9.59 Å². The molecule has 1 aliphatic rings. The molecule has 0 spiro atoms. The molecule has 1 saturated heterocycles. The number of hydrogen-bond donors (Lipinski definition) is 0. The Balaban J connectivity index is 2.22. The lowest BCUT2D eigenvalue weighted by Gasteiger charge is -2.17. The van der Waals surface area contributed by atoms with E-state index in [1.165, 1.54) is 19.1 Å². The van der Waals surface area contributed by atoms with Crippen molar-refractivity contribution in [1.82, 2.24) is 0 Å². The van der Waals surface area contributed by atoms with E-state index in [0.29, 0.717) is 11.3 Å². The van der Waals surface area contributed by atoms with Gasteiger partial charge in [0, 0.05) is 18.7 Å². The van der Waals surface area contributed by atoms with Gasteiger partial charge in [0.2, 0.25) is 5.91 Å². The van der Waals surface area contributed by atoms with Gasteiger partial charge in [-0.2, -0.15) is 0 Å². The fraction of sp³-hybridized carbons (Fsp3) is 0.357. The summed E-state index contributed by atoms with van der Waals surface area (Å²) in [4.78, 5) is 36.4. The third-order valence-electron chi connectivity index (χ3n) is 3.24. The van der Waals surface area contributed by atoms with E-state index in [-0.39, 0.29) is 18.9 Å². The minimum Gasteiger partial charge on any atom is -0.469 e. The van der Waals surface area contributed by atoms with Gasteiger partial charge >= 0.3 is 11.9 Å². The highest BCUT2D eigenvalue weighted by atomic mass is 16.5. The van der Waals surface area contributed by atoms with Gasteiger partial charge in [-0.1, -0.05) is 6.07 Å². The summed E-state index contributed by atoms with van der Waals surface area (Å²) in [7, 11) is 2.59. The van der Waals surface area contributed by atoms with Gasteiger partial charge in [0.1, 0.15) is 0 Å². The minimum absolute atomic E-state index is 0.120. The van der Waals surface area contributed by atoms with Gasteiger partial charge in [0.05, 0.1) is 25.7 Å². The molecular weight excluding hydrogens is 262 g/mol. The Bertz CT molecular complexity index is 554. The molecule has 0 aliphatic carbocycles. The molecule has 0 N–H and O–H groups in total. The molecule has 1 aromatic rings. The fourth-order valence-electron chi connectivity index (χ4n) is 2.20. The average molecular weight is 277 g/mol. The summed E-state index contributed by atoms with van der Waals surface area (Å²) in [5.41, 5.74) is 0.934. The number of rotatable bonds is 3. The maximum Gasteiger partial charge on any atom is 0.337 e. The predicted octanol–water partition coefficient (Wildman–Crippen LogP) is 0.999. The van der Waals surface area contributed by atoms with Crippen LogP contribution in [-0.4, -0.2) is 38.6 Å². The smallest absolute Gasteiger partial charge is 0.337 e. The molecule has 0 saturated carbocycles. The first kappa shape index (κ1) is 14.0. The van der Waals surface area contributed by atoms with Crippen molar-refractivity contribution in [3.63, 3.8) is 0 Å². The molecule has 1 aromatic carbocycles. The van der Waals surface area contributed by atoms with Crippen molar-refractivity contribution < 1.29 is 23.9 Å². The molecule has 0 aromatic heterocycles. The summed E-state index contributed by atoms with van der Waals surface area (Å²) in [6.07, 6.45) is 0.120. The highest BCUT2D eigenvalue weighted by Gasteiger charge is 2.35. The van der Waals surface area contributed by atoms with E-state index in [1.54, 1.807) is 24.3 Å². The van der Waals surface area contributed by atoms with Crippen LogP contribution in [0, 0.1) is 5.92 Å². The van der Waals surface area contributed by atoms with Gasteiger partial charge in [0.15, 0.2) is 0 Å². The predicted molar refractivity (Wildman–Crippen MR) is 70.3 cm³/mol. The molecule has 2 rings (SSSR count). The van der Waals surface area contributed by atoms with E-state index >= 15 is 0 Å². The van der Waals surface area contributed by atoms with Crippen molar-refractivity contribution in [3.8, 4) is 0 Å². The molecular formula is C14H15NO5. The van der Waals surface area contributed by atoms with Crippen LogP contribution in [0.5, 0.6) is 0 Å². The van der Waals surface area contributed by atoms with Crippen LogP contribution < -0.4 is 4.90 Å². The van der Waals surface area contributed by atoms with Crippen LogP contribution in [-0.2, 0) is 19.1 Å². The normalized spacial score (nSPS) is 18.0. The first-order chi connectivity index (χ1) is 9.56. The van der Waals surface area contributed by atoms with Crippen molar-refractivity contribution in [1.29, 1.82) is 0 Å². The number of hydrogen-bond acceptors (Lipinski definition) is 5. The maximum atomic E-state index is 12.0. The third kappa shape index (κ3) is 2.64. The van der Waals surface area contributed by atoms with Gasteiger partial charge < -0.3 is 14.4 Å². The molecule has 1 heterocycles. The van der Waals surface area contributed by atoms with E-state index in [4.69, 9.17) is 0 Å². The van der Waals surface area contributed by atoms with Crippen LogP contribution >= 0.6 is 0 Å². The molecule has 6 nitrogen and oxygen atoms in total. The van der Waals surface area contributed by atoms with Gasteiger partial charge in [0.25, 0.3) is 0 Å². The number of carbonyl (C=O) groups is 3. The number of ether oxygens (including phenoxy) is 2. The number of esters is 2. The lowest BCUT2D eigenvalue weighted by Crippen LogP contribution is -2.26. The summed E-state index contributed by atoms with van der Waals surface area (Å²) in [6.45, 7) is 0.260. The summed E-state index contributed by atoms with van der Waals surface area (Å²) in [6, 6.07) is 6.56. The molecule has 1 fully saturated rings. The minimum atomic E-state index is -0.469. The monoisotopic (exact) mass is 277 g/mol. The standard InChI is InChI=1S/C14H15NO5/c1-19-13(17)9-4-3-5-11(6-9)15-8-10(7-12(15)16)14(18)20-2/h3-6,10H,7-8H2,1-2H3. The quantitative estimate of drug-likeness (QED) is 0.771. The molecule has 1 atom stereocenters. The number of nitrogens with zero attached hydrogens (tertiary/aromatic N) is 1. The fourth-order valence-corrected chi connectivity index (χ4v) is 2.20. The van der Waals surface area contributed by atoms with E-state index in [9.17, 15) is 14.4 Å². The summed E-state index contributed by atoms with van der Waals surface area (Å²) in [5, 5.41) is 0. The topological polar surface area (TPSA) is 72.9 Å². The lowest BCUT2D eigenvalue weighted by atomic mass is 10.1. The zero-order valence-electron chi connectivity index (χ0n) is 11.3. The number of anilines is 1. The molecule has 20 heavy (non-hydrogen) atoms. The summed E-state index contributed by atoms with van der Waals surface area (Å²) < 4.78 is 9.30. The van der Waals surface area contributed by atoms with Crippen molar-refractivity contribution in [2.45, 2.75) is 6.42 Å². The van der Waals surface area contributed by atoms with Crippen molar-refractivity contribution in [3.05, 3.63) is 29.8 Å². The Hall–Kier alpha value is -2.37. The van der Waals surface area contributed by atoms with E-state index in [1.807, 2.05) is 0 Å². The van der Waals surface area contributed by atoms with Crippen LogP contribution in [0.2, 0.25) is 0 Å². The molecule has 1 unspecified atom stereocenters. The first-order valence-electron chi connectivity index (χ1n) is 6.13. The Morgan fingerprint density at radius 3 is 2.65 bits per heavy atom. The van der Waals surface area contributed by atoms with E-state index < -0.39 is 17.9 Å². The van der Waals surface area contributed by atoms with E-state index in [0.717, 1.165) is 0 Å². The Labute approximate surface area is 116 Å². The second-order valence-corrected chi connectivity index (χ2v) is 4.47. The van der Waals surface area contributed by atoms with Crippen molar-refractivity contribution in [2.75, 3.05) is 25.7 Å². The Morgan fingerprint density at radius 1 is 1.25 bits per heavy atom. The zero-order valence-corrected chi connectivity index (χ0v) is 11.3. The number of benzene rings is 1. The maximum absolute atomic E-state index is 12.0. The Morgan fingerprint density at radius 2 is 2.00 bits per heavy atom. The lowest BCUT2D eigenvalue weighted by molar-refractivity contribution is -0.145. The van der Waals surface area contributed by atoms with E-state index in [2.05, 4.69) is 9.47 Å². The number of carbonyl (C=O) groups excluding carboxylic acids is 3. The second-order valence-electron chi connectivity index (χ2n) is 4.47. The molecule has 1 aliphatic heterocycles. The average Bonchev–Trinajstić information content (AvgIpc) is 2.87. The molecule has 6 heteroatoms. The van der Waals surface area contributed by atoms with Crippen LogP contribution in [0.3, 0.4) is 0 Å². The summed E-state index contributed by atoms with van der Waals surface area (Å²) >= 11 is 0. The molecule has 106 valence electrons.